The average Bonchev–Trinajstić information content (AvgIpc) is 2.12. The Kier molecular flexibility index (Phi) is 4.24. The van der Waals surface area contributed by atoms with E-state index in [0.717, 1.165) is 6.20 Å². The topological polar surface area (TPSA) is 81.7 Å². The van der Waals surface area contributed by atoms with E-state index in [9.17, 15) is 9.90 Å². The van der Waals surface area contributed by atoms with Crippen LogP contribution in [0.15, 0.2) is 6.20 Å². The fourth-order valence-electron chi connectivity index (χ4n) is 0.300. The van der Waals surface area contributed by atoms with Crippen LogP contribution >= 0.6 is 0 Å². The summed E-state index contributed by atoms with van der Waals surface area (Å²) < 4.78 is 0. The number of aromatic nitrogens is 3. The fraction of sp³-hybridized carbons (Fsp3) is 0. The normalized spacial score (nSPS) is 8.00. The number of carboxylic acids is 1. The Morgan fingerprint density at radius 1 is 1.78 bits per heavy atom. The van der Waals surface area contributed by atoms with Crippen LogP contribution in [-0.4, -0.2) is 21.4 Å². The zero-order valence-corrected chi connectivity index (χ0v) is 7.91. The molecule has 0 atom stereocenters. The monoisotopic (exact) mass is 151 g/mol. The first-order valence-corrected chi connectivity index (χ1v) is 1.88. The van der Waals surface area contributed by atoms with Crippen LogP contribution in [0.4, 0.5) is 0 Å². The molecule has 0 radical (unpaired) electrons. The van der Waals surface area contributed by atoms with Gasteiger partial charge in [0.15, 0.2) is 0 Å². The summed E-state index contributed by atoms with van der Waals surface area (Å²) in [6.45, 7) is 0. The number of H-pyrrole nitrogens is 1. The van der Waals surface area contributed by atoms with Crippen LogP contribution in [0.25, 0.3) is 0 Å². The van der Waals surface area contributed by atoms with Crippen LogP contribution in [0.2, 0.25) is 0 Å². The minimum Gasteiger partial charge on any atom is -0.543 e. The number of hydrogen-bond donors (Lipinski definition) is 1. The number of aromatic amines is 1. The summed E-state index contributed by atoms with van der Waals surface area (Å²) in [7, 11) is 0. The van der Waals surface area contributed by atoms with E-state index in [1.807, 2.05) is 0 Å². The van der Waals surface area contributed by atoms with Crippen LogP contribution in [0.3, 0.4) is 0 Å². The molecule has 0 bridgehead atoms. The summed E-state index contributed by atoms with van der Waals surface area (Å²) in [5.41, 5.74) is -0.176. The average molecular weight is 151 g/mol. The molecule has 0 aliphatic rings. The fourth-order valence-corrected chi connectivity index (χ4v) is 0.300. The van der Waals surface area contributed by atoms with Crippen molar-refractivity contribution < 1.29 is 61.3 Å². The van der Waals surface area contributed by atoms with Crippen molar-refractivity contribution in [1.82, 2.24) is 15.4 Å². The van der Waals surface area contributed by atoms with Gasteiger partial charge < -0.3 is 9.90 Å². The number of aromatic carboxylic acids is 1. The number of carbonyl (C=O) groups excluding carboxylic acids is 1. The van der Waals surface area contributed by atoms with E-state index in [1.165, 1.54) is 0 Å². The van der Waals surface area contributed by atoms with E-state index in [0.29, 0.717) is 0 Å². The van der Waals surface area contributed by atoms with Crippen molar-refractivity contribution in [1.29, 1.82) is 0 Å². The standard InChI is InChI=1S/C3H3N3O2.K/c7-3(8)2-1-4-6-5-2;/h1H,(H,7,8)(H,4,5,6);/q;+1/p-1. The smallest absolute Gasteiger partial charge is 0.543 e. The molecule has 0 aliphatic heterocycles. The molecule has 0 unspecified atom stereocenters. The first-order valence-electron chi connectivity index (χ1n) is 1.88. The molecule has 9 heavy (non-hydrogen) atoms. The van der Waals surface area contributed by atoms with E-state index < -0.39 is 5.97 Å². The second-order valence-electron chi connectivity index (χ2n) is 1.14. The number of carbonyl (C=O) groups is 1. The molecule has 5 nitrogen and oxygen atoms in total. The summed E-state index contributed by atoms with van der Waals surface area (Å²) in [5.74, 6) is -1.32. The van der Waals surface area contributed by atoms with Crippen molar-refractivity contribution in [3.05, 3.63) is 11.9 Å². The maximum Gasteiger partial charge on any atom is 1.00 e. The molecule has 6 heteroatoms. The minimum absolute atomic E-state index is 0. The summed E-state index contributed by atoms with van der Waals surface area (Å²) >= 11 is 0. The molecule has 0 amide bonds. The minimum atomic E-state index is -1.32. The van der Waals surface area contributed by atoms with Gasteiger partial charge >= 0.3 is 51.4 Å². The molecular formula is C3H2KN3O2. The van der Waals surface area contributed by atoms with Crippen LogP contribution in [0.5, 0.6) is 0 Å². The summed E-state index contributed by atoms with van der Waals surface area (Å²) in [6, 6.07) is 0. The number of nitrogens with zero attached hydrogens (tertiary/aromatic N) is 2. The Morgan fingerprint density at radius 2 is 2.44 bits per heavy atom. The second-order valence-corrected chi connectivity index (χ2v) is 1.14. The van der Waals surface area contributed by atoms with E-state index >= 15 is 0 Å². The summed E-state index contributed by atoms with van der Waals surface area (Å²) in [6.07, 6.45) is 1.08. The molecule has 1 rings (SSSR count). The van der Waals surface area contributed by atoms with Crippen molar-refractivity contribution in [2.24, 2.45) is 0 Å². The Bertz CT molecular complexity index is 185. The van der Waals surface area contributed by atoms with Crippen molar-refractivity contribution in [3.8, 4) is 0 Å². The van der Waals surface area contributed by atoms with Crippen molar-refractivity contribution in [3.63, 3.8) is 0 Å². The van der Waals surface area contributed by atoms with Crippen molar-refractivity contribution >= 4 is 5.97 Å². The maximum absolute atomic E-state index is 9.83. The van der Waals surface area contributed by atoms with Gasteiger partial charge in [0, 0.05) is 0 Å². The van der Waals surface area contributed by atoms with Crippen LogP contribution in [-0.2, 0) is 0 Å². The van der Waals surface area contributed by atoms with Gasteiger partial charge in [-0.1, -0.05) is 0 Å². The Balaban J connectivity index is 0.000000640. The third-order valence-corrected chi connectivity index (χ3v) is 0.624. The first-order chi connectivity index (χ1) is 3.80. The van der Waals surface area contributed by atoms with Gasteiger partial charge in [0.25, 0.3) is 0 Å². The third-order valence-electron chi connectivity index (χ3n) is 0.624. The van der Waals surface area contributed by atoms with Gasteiger partial charge in [-0.05, 0) is 0 Å². The summed E-state index contributed by atoms with van der Waals surface area (Å²) in [4.78, 5) is 9.83. The predicted molar refractivity (Wildman–Crippen MR) is 20.7 cm³/mol. The zero-order valence-electron chi connectivity index (χ0n) is 4.79. The zero-order chi connectivity index (χ0) is 5.98. The Morgan fingerprint density at radius 3 is 2.67 bits per heavy atom. The van der Waals surface area contributed by atoms with Gasteiger partial charge in [-0.15, -0.1) is 0 Å². The molecule has 0 saturated carbocycles. The number of carboxylic acid groups (broad SMARTS) is 1. The van der Waals surface area contributed by atoms with E-state index in [2.05, 4.69) is 15.4 Å². The number of hydrogen-bond acceptors (Lipinski definition) is 4. The SMILES string of the molecule is O=C([O-])c1cn[nH]n1.[K+]. The van der Waals surface area contributed by atoms with E-state index in [4.69, 9.17) is 0 Å². The molecule has 42 valence electrons. The molecule has 1 heterocycles. The second kappa shape index (κ2) is 4.12. The van der Waals surface area contributed by atoms with Gasteiger partial charge in [-0.3, -0.25) is 0 Å². The van der Waals surface area contributed by atoms with E-state index in [1.54, 1.807) is 0 Å². The van der Waals surface area contributed by atoms with Gasteiger partial charge in [-0.25, -0.2) is 0 Å². The number of nitrogens with one attached hydrogen (secondary N) is 1. The van der Waals surface area contributed by atoms with Crippen molar-refractivity contribution in [2.45, 2.75) is 0 Å². The quantitative estimate of drug-likeness (QED) is 0.408. The van der Waals surface area contributed by atoms with Crippen molar-refractivity contribution in [2.75, 3.05) is 0 Å². The Hall–Kier alpha value is 0.246. The van der Waals surface area contributed by atoms with Gasteiger partial charge in [-0.2, -0.15) is 15.4 Å². The predicted octanol–water partition coefficient (Wildman–Crippen LogP) is -4.83. The molecule has 0 aliphatic carbocycles. The molecule has 1 N–H and O–H groups in total. The molecule has 0 fully saturated rings. The van der Waals surface area contributed by atoms with Crippen LogP contribution in [0, 0.1) is 0 Å². The first kappa shape index (κ1) is 9.25. The Labute approximate surface area is 93.3 Å². The molecule has 1 aromatic heterocycles. The molecule has 1 aromatic rings. The van der Waals surface area contributed by atoms with Gasteiger partial charge in [0.1, 0.15) is 5.69 Å². The maximum atomic E-state index is 9.83. The van der Waals surface area contributed by atoms with E-state index in [-0.39, 0.29) is 57.1 Å². The molecule has 0 saturated heterocycles. The van der Waals surface area contributed by atoms with Gasteiger partial charge in [0.2, 0.25) is 0 Å². The van der Waals surface area contributed by atoms with Gasteiger partial charge in [0.05, 0.1) is 12.2 Å². The molecule has 0 spiro atoms. The molecule has 0 aromatic carbocycles. The largest absolute Gasteiger partial charge is 1.00 e. The number of rotatable bonds is 1. The molecular weight excluding hydrogens is 149 g/mol. The third kappa shape index (κ3) is 2.54. The summed E-state index contributed by atoms with van der Waals surface area (Å²) in [5, 5.41) is 18.4. The van der Waals surface area contributed by atoms with Crippen LogP contribution in [0.1, 0.15) is 10.5 Å². The van der Waals surface area contributed by atoms with Crippen LogP contribution < -0.4 is 56.5 Å².